The van der Waals surface area contributed by atoms with Gasteiger partial charge in [-0.25, -0.2) is 13.8 Å². The zero-order valence-corrected chi connectivity index (χ0v) is 13.9. The summed E-state index contributed by atoms with van der Waals surface area (Å²) in [5.74, 6) is -1.78. The molecular formula is C17H15ClF2N2O3. The Labute approximate surface area is 147 Å². The van der Waals surface area contributed by atoms with Crippen LogP contribution in [0.5, 0.6) is 5.88 Å². The van der Waals surface area contributed by atoms with Gasteiger partial charge in [-0.05, 0) is 18.2 Å². The summed E-state index contributed by atoms with van der Waals surface area (Å²) in [5, 5.41) is 2.62. The monoisotopic (exact) mass is 368 g/mol. The van der Waals surface area contributed by atoms with E-state index in [-0.39, 0.29) is 34.7 Å². The topological polar surface area (TPSA) is 60.5 Å². The first kappa shape index (κ1) is 17.6. The molecule has 0 saturated carbocycles. The summed E-state index contributed by atoms with van der Waals surface area (Å²) in [7, 11) is 0. The number of aromatic nitrogens is 1. The van der Waals surface area contributed by atoms with Gasteiger partial charge in [0.15, 0.2) is 0 Å². The lowest BCUT2D eigenvalue weighted by atomic mass is 10.2. The van der Waals surface area contributed by atoms with Crippen LogP contribution in [0.25, 0.3) is 0 Å². The van der Waals surface area contributed by atoms with Crippen molar-refractivity contribution in [3.63, 3.8) is 0 Å². The minimum atomic E-state index is -0.723. The van der Waals surface area contributed by atoms with Crippen LogP contribution in [0.1, 0.15) is 22.3 Å². The minimum Gasteiger partial charge on any atom is -0.471 e. The van der Waals surface area contributed by atoms with Crippen LogP contribution in [0, 0.1) is 11.6 Å². The molecule has 1 aromatic carbocycles. The summed E-state index contributed by atoms with van der Waals surface area (Å²) < 4.78 is 37.9. The molecule has 0 unspecified atom stereocenters. The molecule has 0 bridgehead atoms. The summed E-state index contributed by atoms with van der Waals surface area (Å²) in [6.07, 6.45) is 1.92. The Morgan fingerprint density at radius 3 is 2.80 bits per heavy atom. The Balaban J connectivity index is 1.65. The van der Waals surface area contributed by atoms with E-state index in [9.17, 15) is 13.6 Å². The maximum Gasteiger partial charge on any atom is 0.253 e. The van der Waals surface area contributed by atoms with Crippen LogP contribution in [-0.2, 0) is 11.3 Å². The van der Waals surface area contributed by atoms with Crippen LogP contribution in [0.2, 0.25) is 5.02 Å². The zero-order valence-electron chi connectivity index (χ0n) is 13.1. The Morgan fingerprint density at radius 2 is 2.16 bits per heavy atom. The van der Waals surface area contributed by atoms with Crippen molar-refractivity contribution < 1.29 is 23.0 Å². The number of hydrogen-bond donors (Lipinski definition) is 1. The standard InChI is InChI=1S/C17H15ClF2N2O3/c18-13-6-10(7-22-17(13)25-11-4-5-24-9-11)16(23)21-8-12-14(19)2-1-3-15(12)20/h1-3,6-7,11H,4-5,8-9H2,(H,21,23)/t11-/m1/s1. The van der Waals surface area contributed by atoms with Crippen LogP contribution in [-0.4, -0.2) is 30.2 Å². The maximum absolute atomic E-state index is 13.6. The average Bonchev–Trinajstić information content (AvgIpc) is 3.09. The number of nitrogens with one attached hydrogen (secondary N) is 1. The fraction of sp³-hybridized carbons (Fsp3) is 0.294. The van der Waals surface area contributed by atoms with Gasteiger partial charge in [0.05, 0.1) is 18.8 Å². The van der Waals surface area contributed by atoms with Crippen LogP contribution in [0.3, 0.4) is 0 Å². The third-order valence-corrected chi connectivity index (χ3v) is 3.99. The van der Waals surface area contributed by atoms with Crippen LogP contribution >= 0.6 is 11.6 Å². The van der Waals surface area contributed by atoms with Crippen molar-refractivity contribution in [1.82, 2.24) is 10.3 Å². The Hall–Kier alpha value is -2.25. The van der Waals surface area contributed by atoms with Gasteiger partial charge in [0.1, 0.15) is 22.8 Å². The molecule has 0 radical (unpaired) electrons. The summed E-state index contributed by atoms with van der Waals surface area (Å²) in [6.45, 7) is 0.802. The molecule has 5 nitrogen and oxygen atoms in total. The molecule has 3 rings (SSSR count). The van der Waals surface area contributed by atoms with E-state index < -0.39 is 17.5 Å². The summed E-state index contributed by atoms with van der Waals surface area (Å²) >= 11 is 6.09. The number of benzene rings is 1. The van der Waals surface area contributed by atoms with Crippen molar-refractivity contribution in [2.45, 2.75) is 19.1 Å². The van der Waals surface area contributed by atoms with Gasteiger partial charge in [0.25, 0.3) is 5.91 Å². The summed E-state index contributed by atoms with van der Waals surface area (Å²) in [5.41, 5.74) is -0.0483. The average molecular weight is 369 g/mol. The van der Waals surface area contributed by atoms with Crippen molar-refractivity contribution >= 4 is 17.5 Å². The highest BCUT2D eigenvalue weighted by Crippen LogP contribution is 2.25. The zero-order chi connectivity index (χ0) is 17.8. The molecule has 25 heavy (non-hydrogen) atoms. The molecule has 1 fully saturated rings. The second-order valence-corrected chi connectivity index (χ2v) is 5.90. The lowest BCUT2D eigenvalue weighted by molar-refractivity contribution is 0.0949. The molecule has 2 heterocycles. The molecule has 0 spiro atoms. The van der Waals surface area contributed by atoms with Gasteiger partial charge < -0.3 is 14.8 Å². The van der Waals surface area contributed by atoms with Crippen molar-refractivity contribution in [1.29, 1.82) is 0 Å². The number of pyridine rings is 1. The van der Waals surface area contributed by atoms with E-state index in [1.54, 1.807) is 0 Å². The van der Waals surface area contributed by atoms with Crippen molar-refractivity contribution in [2.24, 2.45) is 0 Å². The quantitative estimate of drug-likeness (QED) is 0.881. The molecule has 1 aromatic heterocycles. The number of ether oxygens (including phenoxy) is 2. The molecule has 1 N–H and O–H groups in total. The van der Waals surface area contributed by atoms with E-state index in [0.717, 1.165) is 18.6 Å². The number of amides is 1. The fourth-order valence-corrected chi connectivity index (χ4v) is 2.58. The van der Waals surface area contributed by atoms with Crippen LogP contribution < -0.4 is 10.1 Å². The van der Waals surface area contributed by atoms with Crippen LogP contribution in [0.4, 0.5) is 8.78 Å². The number of carbonyl (C=O) groups excluding carboxylic acids is 1. The Bertz CT molecular complexity index is 762. The third-order valence-electron chi connectivity index (χ3n) is 3.72. The van der Waals surface area contributed by atoms with Crippen molar-refractivity contribution in [3.05, 3.63) is 58.2 Å². The third kappa shape index (κ3) is 4.24. The largest absolute Gasteiger partial charge is 0.471 e. The highest BCUT2D eigenvalue weighted by molar-refractivity contribution is 6.32. The summed E-state index contributed by atoms with van der Waals surface area (Å²) in [6, 6.07) is 4.91. The molecule has 1 amide bonds. The smallest absolute Gasteiger partial charge is 0.253 e. The molecule has 8 heteroatoms. The fourth-order valence-electron chi connectivity index (χ4n) is 2.37. The highest BCUT2D eigenvalue weighted by atomic mass is 35.5. The second-order valence-electron chi connectivity index (χ2n) is 5.50. The number of nitrogens with zero attached hydrogens (tertiary/aromatic N) is 1. The van der Waals surface area contributed by atoms with Gasteiger partial charge in [0.2, 0.25) is 5.88 Å². The van der Waals surface area contributed by atoms with Crippen LogP contribution in [0.15, 0.2) is 30.5 Å². The predicted octanol–water partition coefficient (Wildman–Crippen LogP) is 3.11. The van der Waals surface area contributed by atoms with Gasteiger partial charge in [-0.1, -0.05) is 17.7 Å². The lowest BCUT2D eigenvalue weighted by Crippen LogP contribution is -2.24. The number of carbonyl (C=O) groups is 1. The van der Waals surface area contributed by atoms with Gasteiger partial charge >= 0.3 is 0 Å². The molecule has 1 atom stereocenters. The molecule has 1 saturated heterocycles. The lowest BCUT2D eigenvalue weighted by Gasteiger charge is -2.13. The van der Waals surface area contributed by atoms with E-state index in [1.807, 2.05) is 0 Å². The van der Waals surface area contributed by atoms with E-state index in [2.05, 4.69) is 10.3 Å². The molecule has 2 aromatic rings. The highest BCUT2D eigenvalue weighted by Gasteiger charge is 2.20. The minimum absolute atomic E-state index is 0.117. The van der Waals surface area contributed by atoms with Gasteiger partial charge in [-0.15, -0.1) is 0 Å². The first-order chi connectivity index (χ1) is 12.0. The molecule has 1 aliphatic heterocycles. The summed E-state index contributed by atoms with van der Waals surface area (Å²) in [4.78, 5) is 16.2. The van der Waals surface area contributed by atoms with Crippen molar-refractivity contribution in [2.75, 3.05) is 13.2 Å². The van der Waals surface area contributed by atoms with Gasteiger partial charge in [-0.3, -0.25) is 4.79 Å². The SMILES string of the molecule is O=C(NCc1c(F)cccc1F)c1cnc(O[C@@H]2CCOC2)c(Cl)c1. The number of rotatable bonds is 5. The Kier molecular flexibility index (Phi) is 5.45. The number of halogens is 3. The van der Waals surface area contributed by atoms with E-state index in [1.165, 1.54) is 18.3 Å². The first-order valence-corrected chi connectivity index (χ1v) is 8.03. The van der Waals surface area contributed by atoms with E-state index in [0.29, 0.717) is 13.2 Å². The number of hydrogen-bond acceptors (Lipinski definition) is 4. The Morgan fingerprint density at radius 1 is 1.40 bits per heavy atom. The molecule has 0 aliphatic carbocycles. The molecule has 1 aliphatic rings. The second kappa shape index (κ2) is 7.76. The molecule has 132 valence electrons. The van der Waals surface area contributed by atoms with E-state index >= 15 is 0 Å². The van der Waals surface area contributed by atoms with Gasteiger partial charge in [-0.2, -0.15) is 0 Å². The van der Waals surface area contributed by atoms with Gasteiger partial charge in [0, 0.05) is 24.7 Å². The van der Waals surface area contributed by atoms with Crippen molar-refractivity contribution in [3.8, 4) is 5.88 Å². The first-order valence-electron chi connectivity index (χ1n) is 7.65. The molecular weight excluding hydrogens is 354 g/mol. The maximum atomic E-state index is 13.6. The normalized spacial score (nSPS) is 16.7. The predicted molar refractivity (Wildman–Crippen MR) is 86.6 cm³/mol. The van der Waals surface area contributed by atoms with E-state index in [4.69, 9.17) is 21.1 Å².